The van der Waals surface area contributed by atoms with Crippen molar-refractivity contribution in [3.63, 3.8) is 0 Å². The first-order valence-electron chi connectivity index (χ1n) is 13.9. The molecule has 1 saturated heterocycles. The second-order valence-electron chi connectivity index (χ2n) is 9.99. The van der Waals surface area contributed by atoms with E-state index in [1.54, 1.807) is 0 Å². The fraction of sp³-hybridized carbons (Fsp3) is 0.357. The lowest BCUT2D eigenvalue weighted by Gasteiger charge is -2.34. The molecule has 220 valence electrons. The van der Waals surface area contributed by atoms with Crippen molar-refractivity contribution in [2.45, 2.75) is 12.8 Å². The second kappa shape index (κ2) is 14.3. The van der Waals surface area contributed by atoms with Gasteiger partial charge in [-0.05, 0) is 74.6 Å². The van der Waals surface area contributed by atoms with Crippen LogP contribution in [-0.4, -0.2) is 92.6 Å². The third kappa shape index (κ3) is 7.64. The quantitative estimate of drug-likeness (QED) is 0.0831. The number of aromatic hydroxyl groups is 2. The SMILES string of the molecule is Oc1c(/N=N/C(=S)NCCCN2CCN(CCCNC(=S)/N=N/c3[nH]c4ccccc4c3O)CC2)[nH]c2ccccc12. The van der Waals surface area contributed by atoms with Crippen molar-refractivity contribution in [2.24, 2.45) is 20.5 Å². The number of para-hydroxylation sites is 2. The Morgan fingerprint density at radius 1 is 0.690 bits per heavy atom. The highest BCUT2D eigenvalue weighted by Crippen LogP contribution is 2.35. The number of aromatic amines is 2. The minimum absolute atomic E-state index is 0.0710. The van der Waals surface area contributed by atoms with E-state index in [0.717, 1.165) is 63.1 Å². The number of fused-ring (bicyclic) bond motifs is 2. The lowest BCUT2D eigenvalue weighted by atomic mass is 10.2. The van der Waals surface area contributed by atoms with Crippen LogP contribution in [0.4, 0.5) is 11.6 Å². The molecule has 0 saturated carbocycles. The summed E-state index contributed by atoms with van der Waals surface area (Å²) in [5.74, 6) is 0.734. The highest BCUT2D eigenvalue weighted by molar-refractivity contribution is 7.80. The van der Waals surface area contributed by atoms with E-state index in [9.17, 15) is 10.2 Å². The van der Waals surface area contributed by atoms with Crippen molar-refractivity contribution in [3.05, 3.63) is 48.5 Å². The number of aromatic nitrogens is 2. The van der Waals surface area contributed by atoms with Crippen LogP contribution in [0, 0.1) is 0 Å². The molecule has 2 aromatic heterocycles. The topological polar surface area (TPSA) is 152 Å². The zero-order chi connectivity index (χ0) is 29.3. The minimum atomic E-state index is 0.0710. The highest BCUT2D eigenvalue weighted by atomic mass is 32.1. The van der Waals surface area contributed by atoms with Crippen LogP contribution >= 0.6 is 24.4 Å². The minimum Gasteiger partial charge on any atom is -0.504 e. The van der Waals surface area contributed by atoms with Gasteiger partial charge < -0.3 is 40.6 Å². The third-order valence-electron chi connectivity index (χ3n) is 7.12. The Morgan fingerprint density at radius 2 is 1.10 bits per heavy atom. The predicted octanol–water partition coefficient (Wildman–Crippen LogP) is 5.07. The summed E-state index contributed by atoms with van der Waals surface area (Å²) in [6, 6.07) is 14.9. The summed E-state index contributed by atoms with van der Waals surface area (Å²) in [6.45, 7) is 7.48. The van der Waals surface area contributed by atoms with Gasteiger partial charge in [-0.25, -0.2) is 0 Å². The van der Waals surface area contributed by atoms with E-state index in [0.29, 0.717) is 45.7 Å². The van der Waals surface area contributed by atoms with Gasteiger partial charge >= 0.3 is 0 Å². The van der Waals surface area contributed by atoms with Crippen molar-refractivity contribution in [1.29, 1.82) is 0 Å². The van der Waals surface area contributed by atoms with E-state index in [1.807, 2.05) is 48.5 Å². The Bertz CT molecular complexity index is 1470. The number of hydrogen-bond acceptors (Lipinski definition) is 8. The highest BCUT2D eigenvalue weighted by Gasteiger charge is 2.16. The predicted molar refractivity (Wildman–Crippen MR) is 172 cm³/mol. The Morgan fingerprint density at radius 3 is 1.50 bits per heavy atom. The monoisotopic (exact) mass is 606 g/mol. The van der Waals surface area contributed by atoms with Crippen LogP contribution < -0.4 is 10.6 Å². The van der Waals surface area contributed by atoms with Crippen LogP contribution in [-0.2, 0) is 0 Å². The molecule has 5 rings (SSSR count). The number of H-pyrrole nitrogens is 2. The van der Waals surface area contributed by atoms with Crippen molar-refractivity contribution in [2.75, 3.05) is 52.4 Å². The number of nitrogens with zero attached hydrogens (tertiary/aromatic N) is 6. The maximum absolute atomic E-state index is 10.3. The molecule has 0 amide bonds. The molecule has 0 bridgehead atoms. The van der Waals surface area contributed by atoms with Crippen molar-refractivity contribution in [3.8, 4) is 11.5 Å². The molecule has 1 aliphatic heterocycles. The number of nitrogens with one attached hydrogen (secondary N) is 4. The molecule has 12 nitrogen and oxygen atoms in total. The van der Waals surface area contributed by atoms with Gasteiger partial charge in [0.05, 0.1) is 11.0 Å². The largest absolute Gasteiger partial charge is 0.504 e. The molecule has 0 aliphatic carbocycles. The third-order valence-corrected chi connectivity index (χ3v) is 7.57. The van der Waals surface area contributed by atoms with Crippen LogP contribution in [0.1, 0.15) is 12.8 Å². The summed E-state index contributed by atoms with van der Waals surface area (Å²) in [4.78, 5) is 11.0. The van der Waals surface area contributed by atoms with Gasteiger partial charge in [0.25, 0.3) is 0 Å². The average Bonchev–Trinajstić information content (AvgIpc) is 3.51. The van der Waals surface area contributed by atoms with Gasteiger partial charge in [-0.3, -0.25) is 0 Å². The number of benzene rings is 2. The van der Waals surface area contributed by atoms with Crippen molar-refractivity contribution in [1.82, 2.24) is 30.4 Å². The van der Waals surface area contributed by atoms with E-state index in [-0.39, 0.29) is 11.5 Å². The molecular weight excluding hydrogens is 573 g/mol. The fourth-order valence-corrected chi connectivity index (χ4v) is 5.15. The summed E-state index contributed by atoms with van der Waals surface area (Å²) in [5, 5.41) is 44.9. The molecule has 3 heterocycles. The van der Waals surface area contributed by atoms with Gasteiger partial charge in [0.1, 0.15) is 0 Å². The van der Waals surface area contributed by atoms with E-state index < -0.39 is 0 Å². The van der Waals surface area contributed by atoms with Gasteiger partial charge in [-0.1, -0.05) is 24.3 Å². The van der Waals surface area contributed by atoms with Gasteiger partial charge in [0, 0.05) is 50.0 Å². The van der Waals surface area contributed by atoms with Gasteiger partial charge in [0.15, 0.2) is 23.1 Å². The first-order chi connectivity index (χ1) is 20.5. The summed E-state index contributed by atoms with van der Waals surface area (Å²) >= 11 is 10.5. The molecule has 1 fully saturated rings. The molecule has 4 aromatic rings. The standard InChI is InChI=1S/C28H34N10O2S2/c39-23-19-7-1-3-9-21(19)31-25(23)33-35-27(41)29-11-5-13-37-15-17-38(18-16-37)14-6-12-30-28(42)36-34-26-24(40)20-8-2-4-10-22(20)32-26/h1-4,7-10,31-32,39-40H,5-6,11-18H2,(H,29,41)(H,30,42)/b35-33+,36-34+. The van der Waals surface area contributed by atoms with Gasteiger partial charge in [0.2, 0.25) is 10.2 Å². The van der Waals surface area contributed by atoms with Crippen LogP contribution in [0.15, 0.2) is 69.0 Å². The number of azo groups is 2. The lowest BCUT2D eigenvalue weighted by Crippen LogP contribution is -2.47. The van der Waals surface area contributed by atoms with Crippen LogP contribution in [0.25, 0.3) is 21.8 Å². The molecular formula is C28H34N10O2S2. The van der Waals surface area contributed by atoms with E-state index >= 15 is 0 Å². The maximum atomic E-state index is 10.3. The molecule has 0 spiro atoms. The summed E-state index contributed by atoms with van der Waals surface area (Å²) < 4.78 is 0. The molecule has 2 aromatic carbocycles. The molecule has 1 aliphatic rings. The Hall–Kier alpha value is -3.98. The Labute approximate surface area is 253 Å². The van der Waals surface area contributed by atoms with Crippen molar-refractivity contribution >= 4 is 68.1 Å². The number of hydrogen-bond donors (Lipinski definition) is 6. The molecule has 0 unspecified atom stereocenters. The van der Waals surface area contributed by atoms with Gasteiger partial charge in [-0.2, -0.15) is 0 Å². The first-order valence-corrected chi connectivity index (χ1v) is 14.7. The van der Waals surface area contributed by atoms with Crippen molar-refractivity contribution < 1.29 is 10.2 Å². The van der Waals surface area contributed by atoms with Crippen LogP contribution in [0.2, 0.25) is 0 Å². The zero-order valence-electron chi connectivity index (χ0n) is 23.1. The smallest absolute Gasteiger partial charge is 0.213 e. The van der Waals surface area contributed by atoms with Crippen LogP contribution in [0.3, 0.4) is 0 Å². The molecule has 0 radical (unpaired) electrons. The summed E-state index contributed by atoms with van der Waals surface area (Å²) in [6.07, 6.45) is 1.89. The molecule has 0 atom stereocenters. The van der Waals surface area contributed by atoms with Gasteiger partial charge in [-0.15, -0.1) is 20.5 Å². The summed E-state index contributed by atoms with van der Waals surface area (Å²) in [5.41, 5.74) is 1.60. The zero-order valence-corrected chi connectivity index (χ0v) is 24.7. The number of piperazine rings is 1. The molecule has 14 heteroatoms. The average molecular weight is 607 g/mol. The number of rotatable bonds is 10. The maximum Gasteiger partial charge on any atom is 0.213 e. The lowest BCUT2D eigenvalue weighted by molar-refractivity contribution is 0.131. The molecule has 6 N–H and O–H groups in total. The second-order valence-corrected chi connectivity index (χ2v) is 10.8. The van der Waals surface area contributed by atoms with Crippen LogP contribution in [0.5, 0.6) is 11.5 Å². The fourth-order valence-electron chi connectivity index (χ4n) is 4.86. The molecule has 42 heavy (non-hydrogen) atoms. The Balaban J connectivity index is 0.916. The number of thiocarbonyl (C=S) groups is 2. The first kappa shape index (κ1) is 29.5. The van der Waals surface area contributed by atoms with E-state index in [1.165, 1.54) is 0 Å². The normalized spacial score (nSPS) is 14.9. The van der Waals surface area contributed by atoms with E-state index in [2.05, 4.69) is 50.9 Å². The van der Waals surface area contributed by atoms with E-state index in [4.69, 9.17) is 24.4 Å². The Kier molecular flexibility index (Phi) is 10.0. The summed E-state index contributed by atoms with van der Waals surface area (Å²) in [7, 11) is 0.